The minimum Gasteiger partial charge on any atom is -0.439 e. The first-order valence-corrected chi connectivity index (χ1v) is 9.44. The second-order valence-corrected chi connectivity index (χ2v) is 6.93. The number of nitrogens with zero attached hydrogens (tertiary/aromatic N) is 4. The number of hydrogen-bond donors (Lipinski definition) is 2. The van der Waals surface area contributed by atoms with Gasteiger partial charge in [-0.2, -0.15) is 5.10 Å². The summed E-state index contributed by atoms with van der Waals surface area (Å²) in [5.41, 5.74) is 4.56. The van der Waals surface area contributed by atoms with Crippen LogP contribution in [0.4, 0.5) is 0 Å². The minimum absolute atomic E-state index is 0. The molecule has 0 bridgehead atoms. The average Bonchev–Trinajstić information content (AvgIpc) is 3.26. The largest absolute Gasteiger partial charge is 0.439 e. The van der Waals surface area contributed by atoms with E-state index < -0.39 is 0 Å². The van der Waals surface area contributed by atoms with E-state index in [-0.39, 0.29) is 30.0 Å². The van der Waals surface area contributed by atoms with Crippen molar-refractivity contribution in [3.05, 3.63) is 59.4 Å². The van der Waals surface area contributed by atoms with E-state index in [9.17, 15) is 0 Å². The lowest BCUT2D eigenvalue weighted by atomic mass is 10.1. The Labute approximate surface area is 189 Å². The van der Waals surface area contributed by atoms with Crippen molar-refractivity contribution in [2.24, 2.45) is 12.0 Å². The molecule has 0 saturated heterocycles. The second-order valence-electron chi connectivity index (χ2n) is 6.93. The van der Waals surface area contributed by atoms with E-state index in [2.05, 4.69) is 46.5 Å². The minimum atomic E-state index is 0. The molecule has 0 aliphatic rings. The van der Waals surface area contributed by atoms with Gasteiger partial charge in [0.25, 0.3) is 0 Å². The predicted octanol–water partition coefficient (Wildman–Crippen LogP) is 3.61. The molecule has 0 spiro atoms. The van der Waals surface area contributed by atoms with E-state index in [0.717, 1.165) is 23.4 Å². The normalized spacial score (nSPS) is 12.4. The molecule has 0 aliphatic carbocycles. The van der Waals surface area contributed by atoms with Crippen molar-refractivity contribution in [2.45, 2.75) is 39.8 Å². The summed E-state index contributed by atoms with van der Waals surface area (Å²) in [6.45, 7) is 6.75. The summed E-state index contributed by atoms with van der Waals surface area (Å²) in [4.78, 5) is 8.65. The van der Waals surface area contributed by atoms with Gasteiger partial charge in [0.2, 0.25) is 5.89 Å². The maximum Gasteiger partial charge on any atom is 0.214 e. The number of rotatable bonds is 6. The Morgan fingerprint density at radius 2 is 1.97 bits per heavy atom. The van der Waals surface area contributed by atoms with Crippen molar-refractivity contribution in [1.29, 1.82) is 0 Å². The molecule has 29 heavy (non-hydrogen) atoms. The van der Waals surface area contributed by atoms with E-state index in [0.29, 0.717) is 18.4 Å². The summed E-state index contributed by atoms with van der Waals surface area (Å²) in [6, 6.07) is 10.2. The van der Waals surface area contributed by atoms with Crippen LogP contribution in [0.1, 0.15) is 29.8 Å². The lowest BCUT2D eigenvalue weighted by molar-refractivity contribution is 0.496. The van der Waals surface area contributed by atoms with E-state index >= 15 is 0 Å². The van der Waals surface area contributed by atoms with Gasteiger partial charge in [-0.15, -0.1) is 24.0 Å². The van der Waals surface area contributed by atoms with Gasteiger partial charge in [-0.1, -0.05) is 30.3 Å². The third-order valence-electron chi connectivity index (χ3n) is 4.79. The monoisotopic (exact) mass is 508 g/mol. The fraction of sp³-hybridized carbons (Fsp3) is 0.381. The standard InChI is InChI=1S/C21H28N6O.HI/c1-14(11-18-15(2)26-27(5)16(18)3)25-21(22-4)24-13-20-23-12-19(28-20)17-9-7-6-8-10-17;/h6-10,12,14H,11,13H2,1-5H3,(H2,22,24,25);1H. The van der Waals surface area contributed by atoms with Crippen LogP contribution in [0.3, 0.4) is 0 Å². The number of oxazole rings is 1. The zero-order valence-electron chi connectivity index (χ0n) is 17.6. The molecule has 0 aliphatic heterocycles. The summed E-state index contributed by atoms with van der Waals surface area (Å²) in [7, 11) is 3.73. The van der Waals surface area contributed by atoms with E-state index in [1.54, 1.807) is 13.2 Å². The number of aryl methyl sites for hydroxylation is 2. The molecule has 2 aromatic heterocycles. The van der Waals surface area contributed by atoms with Crippen LogP contribution in [0.5, 0.6) is 0 Å². The number of guanidine groups is 1. The topological polar surface area (TPSA) is 80.3 Å². The van der Waals surface area contributed by atoms with Crippen molar-refractivity contribution in [1.82, 2.24) is 25.4 Å². The Kier molecular flexibility index (Phi) is 8.24. The molecule has 1 atom stereocenters. The highest BCUT2D eigenvalue weighted by Crippen LogP contribution is 2.19. The smallest absolute Gasteiger partial charge is 0.214 e. The zero-order chi connectivity index (χ0) is 20.1. The Hall–Kier alpha value is -2.36. The van der Waals surface area contributed by atoms with Gasteiger partial charge < -0.3 is 15.1 Å². The zero-order valence-corrected chi connectivity index (χ0v) is 19.9. The van der Waals surface area contributed by atoms with E-state index in [1.807, 2.05) is 42.1 Å². The van der Waals surface area contributed by atoms with Gasteiger partial charge in [-0.25, -0.2) is 4.98 Å². The fourth-order valence-electron chi connectivity index (χ4n) is 3.19. The number of aromatic nitrogens is 3. The molecule has 2 heterocycles. The number of nitrogens with one attached hydrogen (secondary N) is 2. The van der Waals surface area contributed by atoms with Crippen molar-refractivity contribution in [3.8, 4) is 11.3 Å². The van der Waals surface area contributed by atoms with Crippen molar-refractivity contribution in [3.63, 3.8) is 0 Å². The number of aliphatic imine (C=N–C) groups is 1. The first-order valence-electron chi connectivity index (χ1n) is 9.44. The molecule has 1 unspecified atom stereocenters. The van der Waals surface area contributed by atoms with E-state index in [1.165, 1.54) is 11.3 Å². The molecular weight excluding hydrogens is 479 g/mol. The van der Waals surface area contributed by atoms with Gasteiger partial charge in [-0.05, 0) is 32.8 Å². The Balaban J connectivity index is 0.00000300. The Morgan fingerprint density at radius 3 is 2.59 bits per heavy atom. The molecule has 3 rings (SSSR count). The molecule has 0 radical (unpaired) electrons. The van der Waals surface area contributed by atoms with Gasteiger partial charge in [0.1, 0.15) is 0 Å². The van der Waals surface area contributed by atoms with Crippen molar-refractivity contribution in [2.75, 3.05) is 7.05 Å². The SMILES string of the molecule is CN=C(NCc1ncc(-c2ccccc2)o1)NC(C)Cc1c(C)nn(C)c1C.I. The van der Waals surface area contributed by atoms with Gasteiger partial charge in [0, 0.05) is 31.4 Å². The molecule has 7 nitrogen and oxygen atoms in total. The predicted molar refractivity (Wildman–Crippen MR) is 127 cm³/mol. The first kappa shape index (κ1) is 22.9. The van der Waals surface area contributed by atoms with Crippen LogP contribution in [-0.2, 0) is 20.0 Å². The third-order valence-corrected chi connectivity index (χ3v) is 4.79. The molecule has 8 heteroatoms. The fourth-order valence-corrected chi connectivity index (χ4v) is 3.19. The Morgan fingerprint density at radius 1 is 1.24 bits per heavy atom. The lowest BCUT2D eigenvalue weighted by Crippen LogP contribution is -2.42. The second kappa shape index (κ2) is 10.4. The highest BCUT2D eigenvalue weighted by Gasteiger charge is 2.14. The molecule has 3 aromatic rings. The van der Waals surface area contributed by atoms with Crippen LogP contribution >= 0.6 is 24.0 Å². The van der Waals surface area contributed by atoms with Crippen molar-refractivity contribution >= 4 is 29.9 Å². The van der Waals surface area contributed by atoms with Crippen molar-refractivity contribution < 1.29 is 4.42 Å². The first-order chi connectivity index (χ1) is 13.5. The maximum absolute atomic E-state index is 5.83. The summed E-state index contributed by atoms with van der Waals surface area (Å²) in [5.74, 6) is 2.09. The number of hydrogen-bond acceptors (Lipinski definition) is 4. The van der Waals surface area contributed by atoms with Crippen LogP contribution in [0.25, 0.3) is 11.3 Å². The summed E-state index contributed by atoms with van der Waals surface area (Å²) in [5, 5.41) is 11.2. The van der Waals surface area contributed by atoms with Crippen LogP contribution < -0.4 is 10.6 Å². The number of benzene rings is 1. The van der Waals surface area contributed by atoms with Gasteiger partial charge in [0.05, 0.1) is 18.4 Å². The van der Waals surface area contributed by atoms with Gasteiger partial charge in [0.15, 0.2) is 11.7 Å². The highest BCUT2D eigenvalue weighted by atomic mass is 127. The third kappa shape index (κ3) is 5.81. The molecule has 0 saturated carbocycles. The highest BCUT2D eigenvalue weighted by molar-refractivity contribution is 14.0. The summed E-state index contributed by atoms with van der Waals surface area (Å²) >= 11 is 0. The maximum atomic E-state index is 5.83. The molecule has 0 fully saturated rings. The average molecular weight is 508 g/mol. The van der Waals surface area contributed by atoms with Gasteiger partial charge in [-0.3, -0.25) is 9.67 Å². The van der Waals surface area contributed by atoms with Crippen LogP contribution in [-0.4, -0.2) is 33.8 Å². The molecule has 2 N–H and O–H groups in total. The summed E-state index contributed by atoms with van der Waals surface area (Å²) < 4.78 is 7.76. The molecule has 0 amide bonds. The van der Waals surface area contributed by atoms with Gasteiger partial charge >= 0.3 is 0 Å². The quantitative estimate of drug-likeness (QED) is 0.302. The van der Waals surface area contributed by atoms with Crippen LogP contribution in [0.15, 0.2) is 45.9 Å². The summed E-state index contributed by atoms with van der Waals surface area (Å²) in [6.07, 6.45) is 2.63. The Bertz CT molecular complexity index is 947. The molecule has 1 aromatic carbocycles. The lowest BCUT2D eigenvalue weighted by Gasteiger charge is -2.17. The van der Waals surface area contributed by atoms with Crippen LogP contribution in [0, 0.1) is 13.8 Å². The molecular formula is C21H29IN6O. The van der Waals surface area contributed by atoms with Crippen LogP contribution in [0.2, 0.25) is 0 Å². The van der Waals surface area contributed by atoms with E-state index in [4.69, 9.17) is 4.42 Å². The number of halogens is 1. The molecule has 156 valence electrons.